The third-order valence-corrected chi connectivity index (χ3v) is 25.9. The number of para-hydroxylation sites is 1. The van der Waals surface area contributed by atoms with Crippen LogP contribution < -0.4 is 0 Å². The topological polar surface area (TPSA) is 200 Å². The molecule has 0 saturated heterocycles. The molecule has 21 aromatic rings. The van der Waals surface area contributed by atoms with Crippen molar-refractivity contribution in [2.45, 2.75) is 62.3 Å². The summed E-state index contributed by atoms with van der Waals surface area (Å²) in [6.45, 7) is 52.0. The molecule has 0 radical (unpaired) electrons. The molecule has 17 aromatic carbocycles. The quantitative estimate of drug-likeness (QED) is 0.0889. The maximum absolute atomic E-state index is 10.5. The van der Waals surface area contributed by atoms with E-state index in [9.17, 15) is 21.0 Å². The van der Waals surface area contributed by atoms with E-state index in [1.807, 2.05) is 182 Å². The molecule has 0 N–H and O–H groups in total. The molecule has 0 aliphatic carbocycles. The molecular weight excluding hydrogens is 1730 g/mol. The minimum absolute atomic E-state index is 0.303. The Morgan fingerprint density at radius 2 is 0.447 bits per heavy atom. The lowest BCUT2D eigenvalue weighted by atomic mass is 9.90. The number of hydrogen-bond acceptors (Lipinski definition) is 10. The first-order valence-electron chi connectivity index (χ1n) is 45.8. The SMILES string of the molecule is [C-]#[N+]c1cc([N+]#[C-])cc(-c2cc(-c3nc(-c4ccccc4)nc(-c4ccccc4)n3)cc(-c3cc(C#N)cc(C#N)c3)c2-n2c3ccc(-c4c(C)cc(C)cc4C)cc3c3cc(-c4c(C)cc(C)cc4C)ccc32)c1.[C-]#[N+]c1cc([N+]#[C-])cc(-c2cc(-c3nc(-c4ccccc4)nc(-c4ccccc4)n3)cc(-c3cc(C#N)cc(C#N)c3)c2-n2c3ccccc3c3cc(-c4c(C)cc(C)cc4C)ccc32)c1. The highest BCUT2D eigenvalue weighted by molar-refractivity contribution is 6.15. The molecule has 16 heteroatoms. The van der Waals surface area contributed by atoms with Crippen LogP contribution in [0.3, 0.4) is 0 Å². The summed E-state index contributed by atoms with van der Waals surface area (Å²) >= 11 is 0. The van der Waals surface area contributed by atoms with Crippen LogP contribution in [0.1, 0.15) is 72.3 Å². The first-order chi connectivity index (χ1) is 68.6. The van der Waals surface area contributed by atoms with Gasteiger partial charge in [-0.15, -0.1) is 0 Å². The Labute approximate surface area is 816 Å². The molecule has 0 bridgehead atoms. The average Bonchev–Trinajstić information content (AvgIpc) is 1.56. The Balaban J connectivity index is 0.000000174. The third kappa shape index (κ3) is 17.0. The standard InChI is InChI=1S/C67H46N8.C58H36N8/c1-39-23-41(3)62(42(4)24-39)49-19-21-60-58(32-49)59-33-50(63-43(5)25-40(2)26-44(63)6)20-22-61(59)75(60)64-56(51-28-45(37-68)27-46(29-51)38-69)34-53(35-57(64)52-30-54(70-7)36-55(31-52)71-8)67-73-65(47-15-11-9-12-16-47)72-66(74-67)48-17-13-10-14-18-48;1-35-22-36(2)54(37(3)23-35)42-20-21-53-51(29-42)48-18-12-13-19-52(48)66(53)55-49(43-25-38(33-59)24-39(26-43)34-60)30-45(31-50(55)44-27-46(61-4)32-47(28-44)62-5)58-64-56(40-14-8-6-9-15-40)63-57(65-58)41-16-10-7-11-17-41/h9-36H,1-6H3;6-32H,1-3H3. The molecule has 141 heavy (non-hydrogen) atoms. The first kappa shape index (κ1) is 89.2. The summed E-state index contributed by atoms with van der Waals surface area (Å²) < 4.78 is 4.49. The minimum atomic E-state index is 0.303. The van der Waals surface area contributed by atoms with Crippen molar-refractivity contribution in [2.75, 3.05) is 0 Å². The Hall–Kier alpha value is -19.7. The van der Waals surface area contributed by atoms with E-state index >= 15 is 0 Å². The van der Waals surface area contributed by atoms with Crippen molar-refractivity contribution >= 4 is 66.4 Å². The van der Waals surface area contributed by atoms with E-state index in [2.05, 4.69) is 218 Å². The number of aryl methyl sites for hydroxylation is 9. The second-order valence-corrected chi connectivity index (χ2v) is 35.6. The first-order valence-corrected chi connectivity index (χ1v) is 45.8. The van der Waals surface area contributed by atoms with Crippen LogP contribution in [0.4, 0.5) is 22.7 Å². The van der Waals surface area contributed by atoms with Gasteiger partial charge in [-0.1, -0.05) is 247 Å². The maximum Gasteiger partial charge on any atom is 0.177 e. The number of benzene rings is 17. The van der Waals surface area contributed by atoms with Gasteiger partial charge in [0.2, 0.25) is 0 Å². The number of nitrogens with zero attached hydrogens (tertiary/aromatic N) is 16. The van der Waals surface area contributed by atoms with Gasteiger partial charge >= 0.3 is 0 Å². The largest absolute Gasteiger partial charge is 0.308 e. The van der Waals surface area contributed by atoms with Gasteiger partial charge in [0, 0.05) is 77.2 Å². The van der Waals surface area contributed by atoms with Crippen molar-refractivity contribution in [3.05, 3.63) is 452 Å². The van der Waals surface area contributed by atoms with Crippen LogP contribution in [0.25, 0.3) is 221 Å². The number of fused-ring (bicyclic) bond motifs is 6. The van der Waals surface area contributed by atoms with Crippen LogP contribution in [-0.2, 0) is 0 Å². The van der Waals surface area contributed by atoms with E-state index < -0.39 is 0 Å². The third-order valence-electron chi connectivity index (χ3n) is 25.9. The predicted octanol–water partition coefficient (Wildman–Crippen LogP) is 32.1. The molecule has 662 valence electrons. The molecule has 21 rings (SSSR count). The van der Waals surface area contributed by atoms with Crippen molar-refractivity contribution < 1.29 is 0 Å². The number of aromatic nitrogens is 8. The monoisotopic (exact) mass is 1810 g/mol. The fraction of sp³-hybridized carbons (Fsp3) is 0.0720. The van der Waals surface area contributed by atoms with Crippen molar-refractivity contribution in [1.82, 2.24) is 39.0 Å². The van der Waals surface area contributed by atoms with E-state index in [1.165, 1.54) is 66.8 Å². The highest BCUT2D eigenvalue weighted by Gasteiger charge is 2.30. The summed E-state index contributed by atoms with van der Waals surface area (Å²) in [5, 5.41) is 45.8. The van der Waals surface area contributed by atoms with Crippen LogP contribution in [0.5, 0.6) is 0 Å². The predicted molar refractivity (Wildman–Crippen MR) is 566 cm³/mol. The van der Waals surface area contributed by atoms with Gasteiger partial charge in [-0.25, -0.2) is 49.3 Å². The van der Waals surface area contributed by atoms with Crippen LogP contribution in [-0.4, -0.2) is 39.0 Å². The van der Waals surface area contributed by atoms with Gasteiger partial charge in [-0.05, 0) is 254 Å². The molecule has 16 nitrogen and oxygen atoms in total. The second kappa shape index (κ2) is 37.3. The van der Waals surface area contributed by atoms with Crippen molar-refractivity contribution in [3.8, 4) is 182 Å². The van der Waals surface area contributed by atoms with Crippen LogP contribution in [0, 0.1) is 134 Å². The highest BCUT2D eigenvalue weighted by atomic mass is 15.1. The van der Waals surface area contributed by atoms with Gasteiger partial charge in [0.05, 0.1) is 106 Å². The molecule has 0 spiro atoms. The Kier molecular flexibility index (Phi) is 23.6. The summed E-state index contributed by atoms with van der Waals surface area (Å²) in [6.07, 6.45) is 0. The van der Waals surface area contributed by atoms with Crippen molar-refractivity contribution in [3.63, 3.8) is 0 Å². The summed E-state index contributed by atoms with van der Waals surface area (Å²) in [7, 11) is 0. The average molecular weight is 1810 g/mol. The zero-order valence-electron chi connectivity index (χ0n) is 78.4. The van der Waals surface area contributed by atoms with Crippen molar-refractivity contribution in [1.29, 1.82) is 21.0 Å². The fourth-order valence-electron chi connectivity index (χ4n) is 20.2. The van der Waals surface area contributed by atoms with Gasteiger partial charge in [0.1, 0.15) is 0 Å². The number of rotatable bonds is 15. The normalized spacial score (nSPS) is 11.0. The highest BCUT2D eigenvalue weighted by Crippen LogP contribution is 2.51. The van der Waals surface area contributed by atoms with Gasteiger partial charge in [-0.3, -0.25) is 0 Å². The molecule has 0 saturated carbocycles. The van der Waals surface area contributed by atoms with Gasteiger partial charge in [0.25, 0.3) is 0 Å². The molecule has 4 heterocycles. The van der Waals surface area contributed by atoms with Crippen LogP contribution in [0.2, 0.25) is 0 Å². The summed E-state index contributed by atoms with van der Waals surface area (Å²) in [5.74, 6) is 2.67. The summed E-state index contributed by atoms with van der Waals surface area (Å²) in [6, 6.07) is 119. The Morgan fingerprint density at radius 1 is 0.213 bits per heavy atom. The lowest BCUT2D eigenvalue weighted by molar-refractivity contribution is 1.07. The van der Waals surface area contributed by atoms with E-state index in [4.69, 9.17) is 56.2 Å². The smallest absolute Gasteiger partial charge is 0.177 e. The van der Waals surface area contributed by atoms with E-state index in [0.29, 0.717) is 141 Å². The molecule has 0 amide bonds. The van der Waals surface area contributed by atoms with E-state index in [1.54, 1.807) is 48.5 Å². The Morgan fingerprint density at radius 3 is 0.709 bits per heavy atom. The van der Waals surface area contributed by atoms with E-state index in [-0.39, 0.29) is 0 Å². The second-order valence-electron chi connectivity index (χ2n) is 35.6. The maximum atomic E-state index is 10.5. The summed E-state index contributed by atoms with van der Waals surface area (Å²) in [5.41, 5.74) is 34.8. The molecular formula is C125H82N16. The molecule has 0 fully saturated rings. The van der Waals surface area contributed by atoms with Crippen molar-refractivity contribution in [2.24, 2.45) is 0 Å². The number of nitriles is 4. The van der Waals surface area contributed by atoms with Gasteiger partial charge in [-0.2, -0.15) is 21.0 Å². The molecule has 0 unspecified atom stereocenters. The molecule has 0 aliphatic rings. The summed E-state index contributed by atoms with van der Waals surface area (Å²) in [4.78, 5) is 45.9. The van der Waals surface area contributed by atoms with Crippen LogP contribution in [0.15, 0.2) is 334 Å². The van der Waals surface area contributed by atoms with E-state index in [0.717, 1.165) is 88.2 Å². The zero-order valence-corrected chi connectivity index (χ0v) is 78.4. The lowest BCUT2D eigenvalue weighted by Gasteiger charge is -2.22. The number of hydrogen-bond donors (Lipinski definition) is 0. The van der Waals surface area contributed by atoms with Gasteiger partial charge < -0.3 is 9.13 Å². The molecule has 0 aliphatic heterocycles. The molecule has 4 aromatic heterocycles. The lowest BCUT2D eigenvalue weighted by Crippen LogP contribution is -2.04. The van der Waals surface area contributed by atoms with Gasteiger partial charge in [0.15, 0.2) is 57.7 Å². The van der Waals surface area contributed by atoms with Crippen LogP contribution >= 0.6 is 0 Å². The Bertz CT molecular complexity index is 8560. The zero-order chi connectivity index (χ0) is 97.5. The fourth-order valence-corrected chi connectivity index (χ4v) is 20.2. The molecule has 0 atom stereocenters. The minimum Gasteiger partial charge on any atom is -0.308 e.